The molecule has 0 radical (unpaired) electrons. The first-order valence-corrected chi connectivity index (χ1v) is 8.80. The highest BCUT2D eigenvalue weighted by atomic mass is 16.2. The minimum atomic E-state index is -0.264. The number of anilines is 1. The summed E-state index contributed by atoms with van der Waals surface area (Å²) in [6.07, 6.45) is 8.10. The van der Waals surface area contributed by atoms with E-state index in [2.05, 4.69) is 22.8 Å². The summed E-state index contributed by atoms with van der Waals surface area (Å²) in [7, 11) is 0. The number of carbonyl (C=O) groups excluding carboxylic acids is 1. The van der Waals surface area contributed by atoms with Crippen LogP contribution in [0.3, 0.4) is 0 Å². The lowest BCUT2D eigenvalue weighted by Crippen LogP contribution is -2.49. The van der Waals surface area contributed by atoms with E-state index in [1.165, 1.54) is 38.5 Å². The molecular weight excluding hydrogens is 286 g/mol. The van der Waals surface area contributed by atoms with Crippen molar-refractivity contribution < 1.29 is 4.79 Å². The normalized spacial score (nSPS) is 35.2. The molecule has 23 heavy (non-hydrogen) atoms. The fourth-order valence-electron chi connectivity index (χ4n) is 5.49. The maximum absolute atomic E-state index is 12.0. The van der Waals surface area contributed by atoms with E-state index < -0.39 is 0 Å². The van der Waals surface area contributed by atoms with Crippen LogP contribution in [0.4, 0.5) is 10.5 Å². The minimum Gasteiger partial charge on any atom is -0.307 e. The van der Waals surface area contributed by atoms with Crippen molar-refractivity contribution in [3.63, 3.8) is 0 Å². The predicted molar refractivity (Wildman–Crippen MR) is 92.3 cm³/mol. The Labute approximate surface area is 137 Å². The Morgan fingerprint density at radius 1 is 1.04 bits per heavy atom. The molecule has 4 aliphatic carbocycles. The maximum atomic E-state index is 12.0. The van der Waals surface area contributed by atoms with E-state index in [1.807, 2.05) is 30.3 Å². The van der Waals surface area contributed by atoms with Gasteiger partial charge in [-0.15, -0.1) is 0 Å². The molecule has 4 fully saturated rings. The van der Waals surface area contributed by atoms with Crippen LogP contribution in [-0.4, -0.2) is 11.7 Å². The summed E-state index contributed by atoms with van der Waals surface area (Å²) < 4.78 is 0. The van der Waals surface area contributed by atoms with Gasteiger partial charge < -0.3 is 5.32 Å². The molecule has 2 amide bonds. The molecule has 0 spiro atoms. The Morgan fingerprint density at radius 2 is 1.61 bits per heavy atom. The first kappa shape index (κ1) is 14.7. The van der Waals surface area contributed by atoms with E-state index in [0.717, 1.165) is 29.2 Å². The van der Waals surface area contributed by atoms with Crippen molar-refractivity contribution >= 4 is 17.4 Å². The third kappa shape index (κ3) is 2.87. The Kier molecular flexibility index (Phi) is 3.63. The van der Waals surface area contributed by atoms with Gasteiger partial charge >= 0.3 is 6.03 Å². The number of para-hydroxylation sites is 1. The second-order valence-corrected chi connectivity index (χ2v) is 7.83. The lowest BCUT2D eigenvalue weighted by molar-refractivity contribution is -0.0128. The molecule has 2 N–H and O–H groups in total. The van der Waals surface area contributed by atoms with Gasteiger partial charge in [0.05, 0.1) is 0 Å². The van der Waals surface area contributed by atoms with Gasteiger partial charge in [-0.3, -0.25) is 0 Å². The molecule has 0 aliphatic heterocycles. The number of nitrogens with zero attached hydrogens (tertiary/aromatic N) is 1. The number of urea groups is 1. The summed E-state index contributed by atoms with van der Waals surface area (Å²) in [4.78, 5) is 12.0. The van der Waals surface area contributed by atoms with Crippen molar-refractivity contribution in [1.82, 2.24) is 5.43 Å². The van der Waals surface area contributed by atoms with Gasteiger partial charge in [-0.2, -0.15) is 5.10 Å². The monoisotopic (exact) mass is 311 g/mol. The Balaban J connectivity index is 1.41. The first-order valence-electron chi connectivity index (χ1n) is 8.80. The molecule has 0 aromatic heterocycles. The number of hydrazone groups is 1. The Hall–Kier alpha value is -1.84. The van der Waals surface area contributed by atoms with E-state index >= 15 is 0 Å². The summed E-state index contributed by atoms with van der Waals surface area (Å²) in [6.45, 7) is 2.11. The molecule has 122 valence electrons. The highest BCUT2D eigenvalue weighted by Gasteiger charge is 2.52. The van der Waals surface area contributed by atoms with E-state index in [1.54, 1.807) is 0 Å². The molecule has 4 nitrogen and oxygen atoms in total. The van der Waals surface area contributed by atoms with Crippen LogP contribution in [0.5, 0.6) is 0 Å². The van der Waals surface area contributed by atoms with Crippen LogP contribution < -0.4 is 10.7 Å². The number of hydrogen-bond acceptors (Lipinski definition) is 2. The molecular formula is C19H25N3O. The molecule has 1 aromatic rings. The van der Waals surface area contributed by atoms with E-state index in [-0.39, 0.29) is 11.4 Å². The van der Waals surface area contributed by atoms with Gasteiger partial charge in [0.25, 0.3) is 0 Å². The Morgan fingerprint density at radius 3 is 2.17 bits per heavy atom. The number of amides is 2. The number of rotatable bonds is 3. The van der Waals surface area contributed by atoms with E-state index in [9.17, 15) is 4.79 Å². The SMILES string of the molecule is CC(=NNC(=O)Nc1ccccc1)C12CC3CC(CC(C3)C1)C2. The molecule has 4 heteroatoms. The van der Waals surface area contributed by atoms with Gasteiger partial charge in [-0.05, 0) is 75.3 Å². The van der Waals surface area contributed by atoms with Gasteiger partial charge in [0.15, 0.2) is 0 Å². The highest BCUT2D eigenvalue weighted by Crippen LogP contribution is 2.60. The van der Waals surface area contributed by atoms with Gasteiger partial charge in [0, 0.05) is 16.8 Å². The van der Waals surface area contributed by atoms with Crippen molar-refractivity contribution in [2.45, 2.75) is 45.4 Å². The average molecular weight is 311 g/mol. The number of hydrogen-bond donors (Lipinski definition) is 2. The number of carbonyl (C=O) groups is 1. The summed E-state index contributed by atoms with van der Waals surface area (Å²) >= 11 is 0. The zero-order valence-electron chi connectivity index (χ0n) is 13.7. The van der Waals surface area contributed by atoms with E-state index in [4.69, 9.17) is 0 Å². The molecule has 0 atom stereocenters. The van der Waals surface area contributed by atoms with Crippen molar-refractivity contribution in [1.29, 1.82) is 0 Å². The number of nitrogens with one attached hydrogen (secondary N) is 2. The van der Waals surface area contributed by atoms with Crippen molar-refractivity contribution in [3.8, 4) is 0 Å². The van der Waals surface area contributed by atoms with Crippen LogP contribution in [0.2, 0.25) is 0 Å². The smallest absolute Gasteiger partial charge is 0.307 e. The summed E-state index contributed by atoms with van der Waals surface area (Å²) in [5.74, 6) is 2.68. The summed E-state index contributed by atoms with van der Waals surface area (Å²) in [5, 5.41) is 7.28. The fraction of sp³-hybridized carbons (Fsp3) is 0.579. The van der Waals surface area contributed by atoms with Crippen LogP contribution >= 0.6 is 0 Å². The molecule has 4 aliphatic rings. The molecule has 0 unspecified atom stereocenters. The molecule has 4 bridgehead atoms. The topological polar surface area (TPSA) is 53.5 Å². The van der Waals surface area contributed by atoms with Crippen LogP contribution in [-0.2, 0) is 0 Å². The van der Waals surface area contributed by atoms with Crippen LogP contribution in [0, 0.1) is 23.2 Å². The first-order chi connectivity index (χ1) is 11.1. The zero-order valence-corrected chi connectivity index (χ0v) is 13.7. The van der Waals surface area contributed by atoms with Crippen molar-refractivity contribution in [2.75, 3.05) is 5.32 Å². The number of benzene rings is 1. The minimum absolute atomic E-state index is 0.259. The standard InChI is InChI=1S/C19H25N3O/c1-13(21-22-18(23)20-17-5-3-2-4-6-17)19-10-14-7-15(11-19)9-16(8-14)12-19/h2-6,14-16H,7-12H2,1H3,(H2,20,22,23). The molecule has 4 saturated carbocycles. The zero-order chi connectivity index (χ0) is 15.9. The van der Waals surface area contributed by atoms with Gasteiger partial charge in [0.2, 0.25) is 0 Å². The second-order valence-electron chi connectivity index (χ2n) is 7.83. The van der Waals surface area contributed by atoms with E-state index in [0.29, 0.717) is 0 Å². The van der Waals surface area contributed by atoms with Crippen molar-refractivity contribution in [2.24, 2.45) is 28.3 Å². The third-order valence-electron chi connectivity index (χ3n) is 6.16. The lowest BCUT2D eigenvalue weighted by Gasteiger charge is -2.56. The van der Waals surface area contributed by atoms with Crippen LogP contribution in [0.25, 0.3) is 0 Å². The van der Waals surface area contributed by atoms with Crippen LogP contribution in [0.1, 0.15) is 45.4 Å². The quantitative estimate of drug-likeness (QED) is 0.631. The fourth-order valence-corrected chi connectivity index (χ4v) is 5.49. The molecule has 0 heterocycles. The van der Waals surface area contributed by atoms with Gasteiger partial charge in [0.1, 0.15) is 0 Å². The lowest BCUT2D eigenvalue weighted by atomic mass is 9.48. The molecule has 0 saturated heterocycles. The predicted octanol–water partition coefficient (Wildman–Crippen LogP) is 4.40. The maximum Gasteiger partial charge on any atom is 0.339 e. The molecule has 1 aromatic carbocycles. The highest BCUT2D eigenvalue weighted by molar-refractivity contribution is 5.92. The van der Waals surface area contributed by atoms with Crippen molar-refractivity contribution in [3.05, 3.63) is 30.3 Å². The summed E-state index contributed by atoms with van der Waals surface area (Å²) in [5.41, 5.74) is 4.86. The van der Waals surface area contributed by atoms with Gasteiger partial charge in [-0.1, -0.05) is 18.2 Å². The molecule has 5 rings (SSSR count). The third-order valence-corrected chi connectivity index (χ3v) is 6.16. The van der Waals surface area contributed by atoms with Gasteiger partial charge in [-0.25, -0.2) is 10.2 Å². The largest absolute Gasteiger partial charge is 0.339 e. The second kappa shape index (κ2) is 5.66. The Bertz CT molecular complexity index is 587. The van der Waals surface area contributed by atoms with Crippen LogP contribution in [0.15, 0.2) is 35.4 Å². The summed E-state index contributed by atoms with van der Waals surface area (Å²) in [6, 6.07) is 9.21. The average Bonchev–Trinajstić information content (AvgIpc) is 2.52.